The third kappa shape index (κ3) is 5.03. The van der Waals surface area contributed by atoms with Crippen molar-refractivity contribution in [1.82, 2.24) is 20.4 Å². The molecule has 4 rings (SSSR count). The van der Waals surface area contributed by atoms with Gasteiger partial charge in [0.1, 0.15) is 0 Å². The third-order valence-corrected chi connectivity index (χ3v) is 5.97. The van der Waals surface area contributed by atoms with Crippen molar-refractivity contribution in [3.63, 3.8) is 0 Å². The Hall–Kier alpha value is -2.67. The SMILES string of the molecule is O=C(NCCCN1CCc2ccccc2C1)[C@@H]1CCCN(c2cn[nH]c(=O)c2)C1. The lowest BCUT2D eigenvalue weighted by atomic mass is 9.96. The highest BCUT2D eigenvalue weighted by Gasteiger charge is 2.26. The molecule has 0 spiro atoms. The average molecular weight is 396 g/mol. The standard InChI is InChI=1S/C22H29N5O2/c28-21-13-20(14-24-25-21)27-11-3-7-19(16-27)22(29)23-9-4-10-26-12-8-17-5-1-2-6-18(17)15-26/h1-2,5-6,13-14,19H,3-4,7-12,15-16H2,(H,23,29)(H,25,28)/t19-/m1/s1. The zero-order valence-corrected chi connectivity index (χ0v) is 16.8. The van der Waals surface area contributed by atoms with Crippen molar-refractivity contribution < 1.29 is 4.79 Å². The quantitative estimate of drug-likeness (QED) is 0.726. The summed E-state index contributed by atoms with van der Waals surface area (Å²) >= 11 is 0. The summed E-state index contributed by atoms with van der Waals surface area (Å²) in [5.41, 5.74) is 3.47. The molecule has 7 heteroatoms. The van der Waals surface area contributed by atoms with E-state index in [1.807, 2.05) is 0 Å². The van der Waals surface area contributed by atoms with E-state index in [2.05, 4.69) is 49.6 Å². The number of aromatic amines is 1. The molecule has 1 atom stereocenters. The van der Waals surface area contributed by atoms with Crippen LogP contribution in [-0.4, -0.2) is 53.7 Å². The van der Waals surface area contributed by atoms with Crippen LogP contribution in [0.5, 0.6) is 0 Å². The van der Waals surface area contributed by atoms with Gasteiger partial charge in [0.05, 0.1) is 17.8 Å². The van der Waals surface area contributed by atoms with E-state index in [1.165, 1.54) is 11.1 Å². The lowest BCUT2D eigenvalue weighted by Gasteiger charge is -2.33. The van der Waals surface area contributed by atoms with Crippen LogP contribution >= 0.6 is 0 Å². The fourth-order valence-corrected chi connectivity index (χ4v) is 4.37. The minimum absolute atomic E-state index is 0.0371. The minimum atomic E-state index is -0.214. The molecule has 0 bridgehead atoms. The number of aromatic nitrogens is 2. The maximum absolute atomic E-state index is 12.6. The molecular formula is C22H29N5O2. The minimum Gasteiger partial charge on any atom is -0.369 e. The Labute approximate surface area is 171 Å². The first kappa shape index (κ1) is 19.6. The van der Waals surface area contributed by atoms with Crippen LogP contribution in [0.15, 0.2) is 41.3 Å². The van der Waals surface area contributed by atoms with Crippen molar-refractivity contribution in [1.29, 1.82) is 0 Å². The van der Waals surface area contributed by atoms with E-state index in [1.54, 1.807) is 12.3 Å². The number of amides is 1. The molecule has 2 N–H and O–H groups in total. The maximum Gasteiger partial charge on any atom is 0.266 e. The number of hydrogen-bond donors (Lipinski definition) is 2. The summed E-state index contributed by atoms with van der Waals surface area (Å²) in [4.78, 5) is 28.7. The summed E-state index contributed by atoms with van der Waals surface area (Å²) in [7, 11) is 0. The molecule has 1 aromatic carbocycles. The molecule has 0 unspecified atom stereocenters. The molecule has 2 aliphatic heterocycles. The fourth-order valence-electron chi connectivity index (χ4n) is 4.37. The van der Waals surface area contributed by atoms with Crippen LogP contribution < -0.4 is 15.8 Å². The Bertz CT molecular complexity index is 897. The number of piperidine rings is 1. The van der Waals surface area contributed by atoms with Gasteiger partial charge in [-0.3, -0.25) is 14.5 Å². The highest BCUT2D eigenvalue weighted by molar-refractivity contribution is 5.79. The number of nitrogens with zero attached hydrogens (tertiary/aromatic N) is 3. The van der Waals surface area contributed by atoms with E-state index in [4.69, 9.17) is 0 Å². The van der Waals surface area contributed by atoms with Crippen molar-refractivity contribution in [2.45, 2.75) is 32.2 Å². The van der Waals surface area contributed by atoms with Crippen LogP contribution in [-0.2, 0) is 17.8 Å². The molecule has 7 nitrogen and oxygen atoms in total. The van der Waals surface area contributed by atoms with Gasteiger partial charge < -0.3 is 10.2 Å². The fraction of sp³-hybridized carbons (Fsp3) is 0.500. The van der Waals surface area contributed by atoms with Crippen molar-refractivity contribution in [2.75, 3.05) is 37.6 Å². The Morgan fingerprint density at radius 3 is 2.97 bits per heavy atom. The lowest BCUT2D eigenvalue weighted by molar-refractivity contribution is -0.125. The number of nitrogens with one attached hydrogen (secondary N) is 2. The summed E-state index contributed by atoms with van der Waals surface area (Å²) in [6.07, 6.45) is 5.55. The number of benzene rings is 1. The van der Waals surface area contributed by atoms with E-state index in [9.17, 15) is 9.59 Å². The average Bonchev–Trinajstić information content (AvgIpc) is 2.76. The van der Waals surface area contributed by atoms with Crippen LogP contribution in [0.3, 0.4) is 0 Å². The van der Waals surface area contributed by atoms with Crippen LogP contribution in [0.2, 0.25) is 0 Å². The van der Waals surface area contributed by atoms with Crippen molar-refractivity contribution in [2.24, 2.45) is 5.92 Å². The monoisotopic (exact) mass is 395 g/mol. The number of H-pyrrole nitrogens is 1. The van der Waals surface area contributed by atoms with Gasteiger partial charge in [-0.1, -0.05) is 24.3 Å². The van der Waals surface area contributed by atoms with E-state index in [0.717, 1.165) is 57.5 Å². The van der Waals surface area contributed by atoms with Gasteiger partial charge in [0, 0.05) is 45.3 Å². The van der Waals surface area contributed by atoms with E-state index in [0.29, 0.717) is 13.1 Å². The molecule has 29 heavy (non-hydrogen) atoms. The Balaban J connectivity index is 1.20. The van der Waals surface area contributed by atoms with Gasteiger partial charge in [-0.25, -0.2) is 5.10 Å². The van der Waals surface area contributed by atoms with Gasteiger partial charge >= 0.3 is 0 Å². The molecule has 2 aromatic rings. The first-order chi connectivity index (χ1) is 14.2. The van der Waals surface area contributed by atoms with Crippen molar-refractivity contribution >= 4 is 11.6 Å². The second kappa shape index (κ2) is 9.22. The molecule has 1 aromatic heterocycles. The first-order valence-corrected chi connectivity index (χ1v) is 10.6. The number of hydrogen-bond acceptors (Lipinski definition) is 5. The van der Waals surface area contributed by atoms with Crippen molar-refractivity contribution in [3.8, 4) is 0 Å². The number of rotatable bonds is 6. The van der Waals surface area contributed by atoms with Gasteiger partial charge in [0.25, 0.3) is 5.56 Å². The molecule has 154 valence electrons. The van der Waals surface area contributed by atoms with E-state index in [-0.39, 0.29) is 17.4 Å². The molecule has 3 heterocycles. The van der Waals surface area contributed by atoms with Gasteiger partial charge in [0.15, 0.2) is 0 Å². The van der Waals surface area contributed by atoms with Gasteiger partial charge in [-0.15, -0.1) is 0 Å². The number of carbonyl (C=O) groups is 1. The first-order valence-electron chi connectivity index (χ1n) is 10.6. The smallest absolute Gasteiger partial charge is 0.266 e. The van der Waals surface area contributed by atoms with Gasteiger partial charge in [0.2, 0.25) is 5.91 Å². The second-order valence-corrected chi connectivity index (χ2v) is 8.03. The molecule has 2 aliphatic rings. The number of anilines is 1. The van der Waals surface area contributed by atoms with Gasteiger partial charge in [-0.2, -0.15) is 5.10 Å². The molecular weight excluding hydrogens is 366 g/mol. The zero-order chi connectivity index (χ0) is 20.1. The van der Waals surface area contributed by atoms with Crippen LogP contribution in [0.1, 0.15) is 30.4 Å². The Morgan fingerprint density at radius 2 is 2.10 bits per heavy atom. The highest BCUT2D eigenvalue weighted by atomic mass is 16.2. The third-order valence-electron chi connectivity index (χ3n) is 5.97. The normalized spacial score (nSPS) is 19.6. The summed E-state index contributed by atoms with van der Waals surface area (Å²) < 4.78 is 0. The highest BCUT2D eigenvalue weighted by Crippen LogP contribution is 2.22. The van der Waals surface area contributed by atoms with E-state index < -0.39 is 0 Å². The van der Waals surface area contributed by atoms with Crippen LogP contribution in [0.25, 0.3) is 0 Å². The summed E-state index contributed by atoms with van der Waals surface area (Å²) in [5, 5.41) is 9.38. The molecule has 0 saturated carbocycles. The molecule has 1 amide bonds. The van der Waals surface area contributed by atoms with Crippen LogP contribution in [0.4, 0.5) is 5.69 Å². The zero-order valence-electron chi connectivity index (χ0n) is 16.8. The molecule has 0 radical (unpaired) electrons. The molecule has 1 fully saturated rings. The van der Waals surface area contributed by atoms with E-state index >= 15 is 0 Å². The Kier molecular flexibility index (Phi) is 6.24. The lowest BCUT2D eigenvalue weighted by Crippen LogP contribution is -2.44. The van der Waals surface area contributed by atoms with Crippen LogP contribution in [0, 0.1) is 5.92 Å². The largest absolute Gasteiger partial charge is 0.369 e. The Morgan fingerprint density at radius 1 is 1.24 bits per heavy atom. The predicted octanol–water partition coefficient (Wildman–Crippen LogP) is 1.55. The number of carbonyl (C=O) groups excluding carboxylic acids is 1. The summed E-state index contributed by atoms with van der Waals surface area (Å²) in [6.45, 7) is 5.30. The van der Waals surface area contributed by atoms with Crippen molar-refractivity contribution in [3.05, 3.63) is 58.0 Å². The molecule has 0 aliphatic carbocycles. The number of fused-ring (bicyclic) bond motifs is 1. The maximum atomic E-state index is 12.6. The predicted molar refractivity (Wildman–Crippen MR) is 113 cm³/mol. The topological polar surface area (TPSA) is 81.3 Å². The summed E-state index contributed by atoms with van der Waals surface area (Å²) in [6, 6.07) is 10.2. The molecule has 1 saturated heterocycles. The van der Waals surface area contributed by atoms with Gasteiger partial charge in [-0.05, 0) is 36.8 Å². The second-order valence-electron chi connectivity index (χ2n) is 8.03. The summed E-state index contributed by atoms with van der Waals surface area (Å²) in [5.74, 6) is 0.0846.